The van der Waals surface area contributed by atoms with Crippen LogP contribution in [0.25, 0.3) is 16.9 Å². The van der Waals surface area contributed by atoms with Crippen LogP contribution in [0.5, 0.6) is 0 Å². The first-order valence-electron chi connectivity index (χ1n) is 7.45. The lowest BCUT2D eigenvalue weighted by atomic mass is 10.1. The Morgan fingerprint density at radius 2 is 1.88 bits per heavy atom. The Kier molecular flexibility index (Phi) is 3.35. The lowest BCUT2D eigenvalue weighted by Crippen LogP contribution is -2.04. The highest BCUT2D eigenvalue weighted by Gasteiger charge is 2.18. The molecule has 0 saturated heterocycles. The highest BCUT2D eigenvalue weighted by atomic mass is 16.1. The number of nitrogens with zero attached hydrogens (tertiary/aromatic N) is 5. The van der Waals surface area contributed by atoms with Crippen molar-refractivity contribution in [3.05, 3.63) is 78.1 Å². The van der Waals surface area contributed by atoms with Gasteiger partial charge in [-0.3, -0.25) is 14.8 Å². The van der Waals surface area contributed by atoms with Crippen LogP contribution in [0.2, 0.25) is 0 Å². The Morgan fingerprint density at radius 1 is 1.00 bits per heavy atom. The van der Waals surface area contributed by atoms with Crippen molar-refractivity contribution in [2.75, 3.05) is 0 Å². The van der Waals surface area contributed by atoms with Gasteiger partial charge in [0.05, 0.1) is 17.5 Å². The summed E-state index contributed by atoms with van der Waals surface area (Å²) in [4.78, 5) is 25.3. The molecular weight excluding hydrogens is 302 g/mol. The van der Waals surface area contributed by atoms with E-state index in [1.165, 1.54) is 6.20 Å². The maximum Gasteiger partial charge on any atom is 0.216 e. The molecule has 24 heavy (non-hydrogen) atoms. The highest BCUT2D eigenvalue weighted by molar-refractivity contribution is 6.11. The predicted octanol–water partition coefficient (Wildman–Crippen LogP) is 2.73. The van der Waals surface area contributed by atoms with E-state index in [2.05, 4.69) is 20.1 Å². The van der Waals surface area contributed by atoms with E-state index in [0.29, 0.717) is 16.9 Å². The number of hydrogen-bond acceptors (Lipinski definition) is 5. The number of carbonyl (C=O) groups excluding carboxylic acids is 1. The molecular formula is C18H13N5O. The second-order valence-electron chi connectivity index (χ2n) is 5.35. The Morgan fingerprint density at radius 3 is 2.67 bits per heavy atom. The van der Waals surface area contributed by atoms with Crippen LogP contribution >= 0.6 is 0 Å². The van der Waals surface area contributed by atoms with E-state index in [1.807, 2.05) is 25.1 Å². The summed E-state index contributed by atoms with van der Waals surface area (Å²) in [5.41, 5.74) is 4.05. The quantitative estimate of drug-likeness (QED) is 0.544. The van der Waals surface area contributed by atoms with Crippen molar-refractivity contribution < 1.29 is 4.79 Å². The number of hydrogen-bond donors (Lipinski definition) is 0. The summed E-state index contributed by atoms with van der Waals surface area (Å²) in [7, 11) is 0. The average molecular weight is 315 g/mol. The second-order valence-corrected chi connectivity index (χ2v) is 5.35. The van der Waals surface area contributed by atoms with Gasteiger partial charge in [0, 0.05) is 29.8 Å². The zero-order valence-electron chi connectivity index (χ0n) is 12.9. The Labute approximate surface area is 137 Å². The third-order valence-corrected chi connectivity index (χ3v) is 3.74. The van der Waals surface area contributed by atoms with Crippen molar-refractivity contribution in [3.8, 4) is 11.3 Å². The number of aryl methyl sites for hydroxylation is 1. The number of ketones is 1. The summed E-state index contributed by atoms with van der Waals surface area (Å²) in [5, 5.41) is 4.36. The minimum absolute atomic E-state index is 0.193. The van der Waals surface area contributed by atoms with Gasteiger partial charge in [-0.1, -0.05) is 6.07 Å². The summed E-state index contributed by atoms with van der Waals surface area (Å²) in [6.07, 6.45) is 6.56. The van der Waals surface area contributed by atoms with E-state index in [1.54, 1.807) is 41.3 Å². The van der Waals surface area contributed by atoms with E-state index >= 15 is 0 Å². The fourth-order valence-corrected chi connectivity index (χ4v) is 2.61. The van der Waals surface area contributed by atoms with Crippen LogP contribution in [0.15, 0.2) is 61.2 Å². The maximum absolute atomic E-state index is 12.7. The molecule has 0 radical (unpaired) electrons. The third-order valence-electron chi connectivity index (χ3n) is 3.74. The summed E-state index contributed by atoms with van der Waals surface area (Å²) in [5.74, 6) is -0.193. The summed E-state index contributed by atoms with van der Waals surface area (Å²) in [6.45, 7) is 1.93. The second kappa shape index (κ2) is 5.66. The molecule has 6 heteroatoms. The lowest BCUT2D eigenvalue weighted by molar-refractivity contribution is 0.103. The molecule has 4 heterocycles. The van der Waals surface area contributed by atoms with E-state index in [-0.39, 0.29) is 5.78 Å². The van der Waals surface area contributed by atoms with Crippen molar-refractivity contribution in [2.45, 2.75) is 6.92 Å². The SMILES string of the molecule is Cc1cc(-c2ccnc3c(C(=O)c4ccccn4)cnn23)ccn1. The molecule has 0 aromatic carbocycles. The first-order valence-corrected chi connectivity index (χ1v) is 7.45. The number of carbonyl (C=O) groups is 1. The number of rotatable bonds is 3. The minimum atomic E-state index is -0.193. The molecule has 0 amide bonds. The van der Waals surface area contributed by atoms with Gasteiger partial charge < -0.3 is 0 Å². The van der Waals surface area contributed by atoms with Crippen molar-refractivity contribution in [3.63, 3.8) is 0 Å². The van der Waals surface area contributed by atoms with Crippen molar-refractivity contribution in [2.24, 2.45) is 0 Å². The summed E-state index contributed by atoms with van der Waals surface area (Å²) >= 11 is 0. The minimum Gasteiger partial charge on any atom is -0.287 e. The Hall–Kier alpha value is -3.41. The van der Waals surface area contributed by atoms with Gasteiger partial charge in [-0.25, -0.2) is 9.50 Å². The van der Waals surface area contributed by atoms with E-state index in [4.69, 9.17) is 0 Å². The molecule has 0 spiro atoms. The van der Waals surface area contributed by atoms with Gasteiger partial charge in [0.25, 0.3) is 0 Å². The smallest absolute Gasteiger partial charge is 0.216 e. The molecule has 0 atom stereocenters. The molecule has 0 aliphatic heterocycles. The number of fused-ring (bicyclic) bond motifs is 1. The van der Waals surface area contributed by atoms with Gasteiger partial charge in [0.1, 0.15) is 5.69 Å². The summed E-state index contributed by atoms with van der Waals surface area (Å²) < 4.78 is 1.67. The standard InChI is InChI=1S/C18H13N5O/c1-12-10-13(5-8-19-12)16-6-9-21-18-14(11-22-23(16)18)17(24)15-4-2-3-7-20-15/h2-11H,1H3. The highest BCUT2D eigenvalue weighted by Crippen LogP contribution is 2.22. The molecule has 0 fully saturated rings. The van der Waals surface area contributed by atoms with Crippen LogP contribution in [0.1, 0.15) is 21.7 Å². The average Bonchev–Trinajstić information content (AvgIpc) is 3.06. The van der Waals surface area contributed by atoms with Gasteiger partial charge in [0.2, 0.25) is 5.78 Å². The molecule has 4 aromatic heterocycles. The van der Waals surface area contributed by atoms with Crippen molar-refractivity contribution >= 4 is 11.4 Å². The van der Waals surface area contributed by atoms with Crippen LogP contribution < -0.4 is 0 Å². The maximum atomic E-state index is 12.7. The summed E-state index contributed by atoms with van der Waals surface area (Å²) in [6, 6.07) is 11.0. The molecule has 116 valence electrons. The number of pyridine rings is 2. The molecule has 0 N–H and O–H groups in total. The molecule has 6 nitrogen and oxygen atoms in total. The topological polar surface area (TPSA) is 73.0 Å². The van der Waals surface area contributed by atoms with Gasteiger partial charge in [0.15, 0.2) is 5.65 Å². The molecule has 0 saturated carbocycles. The lowest BCUT2D eigenvalue weighted by Gasteiger charge is -2.05. The van der Waals surface area contributed by atoms with Crippen molar-refractivity contribution in [1.82, 2.24) is 24.6 Å². The Balaban J connectivity index is 1.87. The zero-order chi connectivity index (χ0) is 16.5. The van der Waals surface area contributed by atoms with Crippen LogP contribution in [0.3, 0.4) is 0 Å². The molecule has 0 unspecified atom stereocenters. The predicted molar refractivity (Wildman–Crippen MR) is 88.6 cm³/mol. The normalized spacial score (nSPS) is 10.9. The monoisotopic (exact) mass is 315 g/mol. The van der Waals surface area contributed by atoms with Crippen LogP contribution in [0, 0.1) is 6.92 Å². The molecule has 0 aliphatic carbocycles. The first-order chi connectivity index (χ1) is 11.7. The first kappa shape index (κ1) is 14.2. The van der Waals surface area contributed by atoms with Gasteiger partial charge >= 0.3 is 0 Å². The van der Waals surface area contributed by atoms with E-state index < -0.39 is 0 Å². The van der Waals surface area contributed by atoms with E-state index in [9.17, 15) is 4.79 Å². The fraction of sp³-hybridized carbons (Fsp3) is 0.0556. The molecule has 4 aromatic rings. The van der Waals surface area contributed by atoms with Crippen LogP contribution in [0.4, 0.5) is 0 Å². The third kappa shape index (κ3) is 2.34. The largest absolute Gasteiger partial charge is 0.287 e. The van der Waals surface area contributed by atoms with Gasteiger partial charge in [-0.05, 0) is 37.3 Å². The number of aromatic nitrogens is 5. The fourth-order valence-electron chi connectivity index (χ4n) is 2.61. The van der Waals surface area contributed by atoms with Gasteiger partial charge in [-0.2, -0.15) is 5.10 Å². The van der Waals surface area contributed by atoms with Gasteiger partial charge in [-0.15, -0.1) is 0 Å². The van der Waals surface area contributed by atoms with Crippen LogP contribution in [-0.2, 0) is 0 Å². The molecule has 0 aliphatic rings. The zero-order valence-corrected chi connectivity index (χ0v) is 12.9. The molecule has 4 rings (SSSR count). The van der Waals surface area contributed by atoms with Crippen molar-refractivity contribution in [1.29, 1.82) is 0 Å². The Bertz CT molecular complexity index is 1040. The van der Waals surface area contributed by atoms with Crippen LogP contribution in [-0.4, -0.2) is 30.3 Å². The molecule has 0 bridgehead atoms. The van der Waals surface area contributed by atoms with E-state index in [0.717, 1.165) is 17.0 Å².